The minimum atomic E-state index is -0.721. The van der Waals surface area contributed by atoms with Gasteiger partial charge in [0.2, 0.25) is 7.85 Å². The second-order valence-corrected chi connectivity index (χ2v) is 3.73. The van der Waals surface area contributed by atoms with Crippen LogP contribution in [0.25, 0.3) is 5.57 Å². The normalized spacial score (nSPS) is 14.9. The van der Waals surface area contributed by atoms with E-state index >= 15 is 0 Å². The molecule has 0 unspecified atom stereocenters. The number of amides is 1. The third kappa shape index (κ3) is 2.72. The zero-order valence-corrected chi connectivity index (χ0v) is 9.14. The number of ketones is 1. The standard InChI is InChI=1S/C13H10BNO2/c14-13(17)15-11-7-6-10(8-12(11)16)9-4-2-1-3-5-9/h1-7H,8H2,(H,15,17). The molecule has 2 radical (unpaired) electrons. The molecular formula is C13H10BNO2. The van der Waals surface area contributed by atoms with Crippen molar-refractivity contribution in [3.8, 4) is 0 Å². The van der Waals surface area contributed by atoms with E-state index < -0.39 is 5.81 Å². The summed E-state index contributed by atoms with van der Waals surface area (Å²) in [6.45, 7) is 0. The van der Waals surface area contributed by atoms with Crippen molar-refractivity contribution in [1.29, 1.82) is 0 Å². The summed E-state index contributed by atoms with van der Waals surface area (Å²) in [5.41, 5.74) is 2.19. The molecular weight excluding hydrogens is 213 g/mol. The maximum absolute atomic E-state index is 11.7. The van der Waals surface area contributed by atoms with Crippen LogP contribution >= 0.6 is 0 Å². The van der Waals surface area contributed by atoms with Crippen LogP contribution < -0.4 is 5.32 Å². The van der Waals surface area contributed by atoms with E-state index in [9.17, 15) is 9.59 Å². The highest BCUT2D eigenvalue weighted by atomic mass is 16.2. The van der Waals surface area contributed by atoms with Crippen molar-refractivity contribution < 1.29 is 9.59 Å². The Morgan fingerprint density at radius 3 is 2.47 bits per heavy atom. The van der Waals surface area contributed by atoms with E-state index in [1.807, 2.05) is 36.4 Å². The third-order valence-electron chi connectivity index (χ3n) is 2.51. The minimum absolute atomic E-state index is 0.134. The molecule has 0 fully saturated rings. The molecule has 0 aromatic heterocycles. The number of nitrogens with one attached hydrogen (secondary N) is 1. The number of hydrogen-bond acceptors (Lipinski definition) is 2. The minimum Gasteiger partial charge on any atom is -0.333 e. The van der Waals surface area contributed by atoms with Crippen LogP contribution in [0, 0.1) is 0 Å². The summed E-state index contributed by atoms with van der Waals surface area (Å²) in [7, 11) is 4.97. The van der Waals surface area contributed by atoms with Crippen molar-refractivity contribution >= 4 is 25.0 Å². The van der Waals surface area contributed by atoms with Gasteiger partial charge >= 0.3 is 0 Å². The number of carbonyl (C=O) groups excluding carboxylic acids is 2. The van der Waals surface area contributed by atoms with Gasteiger partial charge in [-0.15, -0.1) is 0 Å². The second-order valence-electron chi connectivity index (χ2n) is 3.73. The molecule has 3 nitrogen and oxygen atoms in total. The molecule has 1 N–H and O–H groups in total. The Morgan fingerprint density at radius 2 is 1.88 bits per heavy atom. The lowest BCUT2D eigenvalue weighted by Gasteiger charge is -2.14. The largest absolute Gasteiger partial charge is 0.333 e. The number of rotatable bonds is 2. The van der Waals surface area contributed by atoms with Crippen LogP contribution in [0.5, 0.6) is 0 Å². The average molecular weight is 223 g/mol. The Bertz CT molecular complexity index is 517. The van der Waals surface area contributed by atoms with Crippen molar-refractivity contribution in [2.45, 2.75) is 6.42 Å². The van der Waals surface area contributed by atoms with Crippen LogP contribution in [0.4, 0.5) is 4.79 Å². The highest BCUT2D eigenvalue weighted by molar-refractivity contribution is 6.57. The lowest BCUT2D eigenvalue weighted by Crippen LogP contribution is -2.27. The number of hydrogen-bond donors (Lipinski definition) is 1. The van der Waals surface area contributed by atoms with Gasteiger partial charge in [0.1, 0.15) is 0 Å². The van der Waals surface area contributed by atoms with Gasteiger partial charge in [0.25, 0.3) is 0 Å². The molecule has 0 saturated heterocycles. The van der Waals surface area contributed by atoms with E-state index in [1.54, 1.807) is 6.08 Å². The van der Waals surface area contributed by atoms with Gasteiger partial charge in [-0.25, -0.2) is 0 Å². The summed E-state index contributed by atoms with van der Waals surface area (Å²) < 4.78 is 0. The SMILES string of the molecule is [B]C(=O)NC1=CC=C(c2ccccc2)CC1=O. The number of Topliss-reactive ketones (excluding diaryl/α,β-unsaturated/α-hetero) is 1. The molecule has 2 rings (SSSR count). The molecule has 1 amide bonds. The molecule has 1 aromatic rings. The van der Waals surface area contributed by atoms with Gasteiger partial charge in [-0.1, -0.05) is 36.4 Å². The van der Waals surface area contributed by atoms with Gasteiger partial charge in [-0.05, 0) is 17.2 Å². The monoisotopic (exact) mass is 223 g/mol. The highest BCUT2D eigenvalue weighted by Crippen LogP contribution is 2.23. The maximum atomic E-state index is 11.7. The van der Waals surface area contributed by atoms with E-state index in [1.165, 1.54) is 0 Å². The Morgan fingerprint density at radius 1 is 1.18 bits per heavy atom. The molecule has 1 aliphatic carbocycles. The van der Waals surface area contributed by atoms with Crippen molar-refractivity contribution in [3.63, 3.8) is 0 Å². The van der Waals surface area contributed by atoms with Crippen LogP contribution in [0.2, 0.25) is 0 Å². The molecule has 82 valence electrons. The van der Waals surface area contributed by atoms with E-state index in [0.29, 0.717) is 0 Å². The molecule has 0 spiro atoms. The van der Waals surface area contributed by atoms with Crippen molar-refractivity contribution in [1.82, 2.24) is 5.32 Å². The van der Waals surface area contributed by atoms with E-state index in [4.69, 9.17) is 7.85 Å². The number of carbonyl (C=O) groups is 2. The smallest absolute Gasteiger partial charge is 0.201 e. The first-order chi connectivity index (χ1) is 8.16. The van der Waals surface area contributed by atoms with Crippen LogP contribution in [0.1, 0.15) is 12.0 Å². The molecule has 0 atom stereocenters. The predicted octanol–water partition coefficient (Wildman–Crippen LogP) is 1.80. The fourth-order valence-corrected chi connectivity index (χ4v) is 1.70. The molecule has 0 bridgehead atoms. The van der Waals surface area contributed by atoms with E-state index in [0.717, 1.165) is 11.1 Å². The quantitative estimate of drug-likeness (QED) is 0.777. The van der Waals surface area contributed by atoms with Crippen molar-refractivity contribution in [2.24, 2.45) is 0 Å². The summed E-state index contributed by atoms with van der Waals surface area (Å²) in [5.74, 6) is -0.855. The van der Waals surface area contributed by atoms with Gasteiger partial charge in [-0.2, -0.15) is 0 Å². The number of allylic oxidation sites excluding steroid dienone is 4. The van der Waals surface area contributed by atoms with Crippen LogP contribution in [0.15, 0.2) is 48.2 Å². The third-order valence-corrected chi connectivity index (χ3v) is 2.51. The zero-order chi connectivity index (χ0) is 12.3. The predicted molar refractivity (Wildman–Crippen MR) is 66.4 cm³/mol. The number of benzene rings is 1. The molecule has 1 aliphatic rings. The zero-order valence-electron chi connectivity index (χ0n) is 9.14. The van der Waals surface area contributed by atoms with E-state index in [-0.39, 0.29) is 17.9 Å². The summed E-state index contributed by atoms with van der Waals surface area (Å²) >= 11 is 0. The second kappa shape index (κ2) is 4.83. The summed E-state index contributed by atoms with van der Waals surface area (Å²) in [5, 5.41) is 2.31. The maximum Gasteiger partial charge on any atom is 0.201 e. The Labute approximate surface area is 101 Å². The van der Waals surface area contributed by atoms with Gasteiger partial charge < -0.3 is 5.32 Å². The van der Waals surface area contributed by atoms with Gasteiger partial charge in [0.05, 0.1) is 5.70 Å². The van der Waals surface area contributed by atoms with Gasteiger partial charge in [0, 0.05) is 6.42 Å². The molecule has 4 heteroatoms. The van der Waals surface area contributed by atoms with Crippen molar-refractivity contribution in [2.75, 3.05) is 0 Å². The molecule has 0 heterocycles. The fraction of sp³-hybridized carbons (Fsp3) is 0.0769. The molecule has 0 aliphatic heterocycles. The van der Waals surface area contributed by atoms with Crippen LogP contribution in [0.3, 0.4) is 0 Å². The lowest BCUT2D eigenvalue weighted by molar-refractivity contribution is -0.114. The highest BCUT2D eigenvalue weighted by Gasteiger charge is 2.17. The van der Waals surface area contributed by atoms with Crippen LogP contribution in [-0.4, -0.2) is 19.4 Å². The average Bonchev–Trinajstić information content (AvgIpc) is 2.32. The van der Waals surface area contributed by atoms with Crippen LogP contribution in [-0.2, 0) is 4.79 Å². The summed E-state index contributed by atoms with van der Waals surface area (Å²) in [4.78, 5) is 22.4. The molecule has 17 heavy (non-hydrogen) atoms. The Hall–Kier alpha value is -2.10. The molecule has 1 aromatic carbocycles. The van der Waals surface area contributed by atoms with Crippen molar-refractivity contribution in [3.05, 3.63) is 53.7 Å². The molecule has 0 saturated carbocycles. The fourth-order valence-electron chi connectivity index (χ4n) is 1.70. The first-order valence-corrected chi connectivity index (χ1v) is 5.23. The first-order valence-electron chi connectivity index (χ1n) is 5.23. The van der Waals surface area contributed by atoms with Gasteiger partial charge in [-0.3, -0.25) is 9.59 Å². The van der Waals surface area contributed by atoms with Gasteiger partial charge in [0.15, 0.2) is 11.6 Å². The summed E-state index contributed by atoms with van der Waals surface area (Å²) in [6.07, 6.45) is 3.68. The Balaban J connectivity index is 2.24. The summed E-state index contributed by atoms with van der Waals surface area (Å²) in [6, 6.07) is 9.65. The Kier molecular flexibility index (Phi) is 3.23. The van der Waals surface area contributed by atoms with E-state index in [2.05, 4.69) is 5.32 Å². The topological polar surface area (TPSA) is 46.2 Å². The first kappa shape index (κ1) is 11.4. The lowest BCUT2D eigenvalue weighted by atomic mass is 9.94.